The number of nitrogens with zero attached hydrogens (tertiary/aromatic N) is 2. The van der Waals surface area contributed by atoms with Crippen LogP contribution >= 0.6 is 11.3 Å². The Morgan fingerprint density at radius 1 is 1.27 bits per heavy atom. The molecule has 22 heavy (non-hydrogen) atoms. The van der Waals surface area contributed by atoms with Crippen LogP contribution in [0.15, 0.2) is 51.8 Å². The number of thiophene rings is 1. The molecule has 0 amide bonds. The highest BCUT2D eigenvalue weighted by atomic mass is 32.2. The summed E-state index contributed by atoms with van der Waals surface area (Å²) >= 11 is 1.47. The number of sulfonamides is 1. The number of aromatic nitrogens is 2. The zero-order valence-corrected chi connectivity index (χ0v) is 13.1. The van der Waals surface area contributed by atoms with Crippen LogP contribution in [0, 0.1) is 0 Å². The van der Waals surface area contributed by atoms with Crippen LogP contribution in [0.4, 0.5) is 0 Å². The summed E-state index contributed by atoms with van der Waals surface area (Å²) in [6.45, 7) is 0.0861. The molecule has 3 rings (SSSR count). The van der Waals surface area contributed by atoms with Crippen LogP contribution in [0.2, 0.25) is 0 Å². The van der Waals surface area contributed by atoms with Crippen molar-refractivity contribution >= 4 is 21.4 Å². The summed E-state index contributed by atoms with van der Waals surface area (Å²) in [4.78, 5) is 4.15. The summed E-state index contributed by atoms with van der Waals surface area (Å²) in [5, 5.41) is 7.52. The Bertz CT molecular complexity index is 827. The van der Waals surface area contributed by atoms with Gasteiger partial charge < -0.3 is 4.52 Å². The van der Waals surface area contributed by atoms with Gasteiger partial charge in [-0.3, -0.25) is 4.98 Å². The number of pyridine rings is 1. The SMILES string of the molecule is O=S(=O)(Cc1ccsc1)NCc1cc(-c2ccccn2)on1. The van der Waals surface area contributed by atoms with Crippen molar-refractivity contribution in [1.29, 1.82) is 0 Å². The second kappa shape index (κ2) is 6.39. The lowest BCUT2D eigenvalue weighted by Gasteiger charge is -2.03. The van der Waals surface area contributed by atoms with Gasteiger partial charge in [0.25, 0.3) is 0 Å². The highest BCUT2D eigenvalue weighted by Crippen LogP contribution is 2.17. The van der Waals surface area contributed by atoms with Crippen LogP contribution in [0.5, 0.6) is 0 Å². The standard InChI is InChI=1S/C14H13N3O3S2/c18-22(19,10-11-4-6-21-9-11)16-8-12-7-14(20-17-12)13-3-1-2-5-15-13/h1-7,9,16H,8,10H2. The van der Waals surface area contributed by atoms with Gasteiger partial charge in [0.15, 0.2) is 5.76 Å². The van der Waals surface area contributed by atoms with Crippen molar-refractivity contribution in [3.05, 3.63) is 58.5 Å². The maximum Gasteiger partial charge on any atom is 0.216 e. The topological polar surface area (TPSA) is 85.1 Å². The number of rotatable bonds is 6. The minimum atomic E-state index is -3.40. The minimum absolute atomic E-state index is 0.0402. The molecule has 6 nitrogen and oxygen atoms in total. The van der Waals surface area contributed by atoms with E-state index in [1.165, 1.54) is 11.3 Å². The molecule has 0 aliphatic heterocycles. The molecule has 0 unspecified atom stereocenters. The largest absolute Gasteiger partial charge is 0.354 e. The minimum Gasteiger partial charge on any atom is -0.354 e. The fourth-order valence-electron chi connectivity index (χ4n) is 1.85. The van der Waals surface area contributed by atoms with Gasteiger partial charge in [0, 0.05) is 12.3 Å². The first-order valence-electron chi connectivity index (χ1n) is 6.48. The second-order valence-electron chi connectivity index (χ2n) is 4.61. The van der Waals surface area contributed by atoms with E-state index >= 15 is 0 Å². The Hall–Kier alpha value is -2.03. The molecule has 0 atom stereocenters. The van der Waals surface area contributed by atoms with Crippen LogP contribution in [0.1, 0.15) is 11.3 Å². The monoisotopic (exact) mass is 335 g/mol. The van der Waals surface area contributed by atoms with Gasteiger partial charge in [-0.05, 0) is 34.5 Å². The van der Waals surface area contributed by atoms with Gasteiger partial charge in [0.2, 0.25) is 10.0 Å². The molecular formula is C14H13N3O3S2. The molecule has 0 fully saturated rings. The van der Waals surface area contributed by atoms with E-state index in [4.69, 9.17) is 4.52 Å². The van der Waals surface area contributed by atoms with Gasteiger partial charge in [-0.1, -0.05) is 11.2 Å². The van der Waals surface area contributed by atoms with E-state index in [-0.39, 0.29) is 12.3 Å². The zero-order valence-electron chi connectivity index (χ0n) is 11.5. The molecule has 0 aromatic carbocycles. The van der Waals surface area contributed by atoms with E-state index in [1.807, 2.05) is 16.8 Å². The van der Waals surface area contributed by atoms with Gasteiger partial charge in [-0.25, -0.2) is 13.1 Å². The van der Waals surface area contributed by atoms with Crippen molar-refractivity contribution in [3.63, 3.8) is 0 Å². The maximum absolute atomic E-state index is 12.0. The normalized spacial score (nSPS) is 11.6. The highest BCUT2D eigenvalue weighted by molar-refractivity contribution is 7.88. The molecule has 8 heteroatoms. The van der Waals surface area contributed by atoms with E-state index in [9.17, 15) is 8.42 Å². The average Bonchev–Trinajstić information content (AvgIpc) is 3.17. The molecule has 3 heterocycles. The van der Waals surface area contributed by atoms with Crippen molar-refractivity contribution in [2.75, 3.05) is 0 Å². The van der Waals surface area contributed by atoms with Crippen molar-refractivity contribution in [3.8, 4) is 11.5 Å². The summed E-state index contributed by atoms with van der Waals surface area (Å²) in [6.07, 6.45) is 1.65. The molecule has 1 N–H and O–H groups in total. The van der Waals surface area contributed by atoms with Gasteiger partial charge in [-0.2, -0.15) is 11.3 Å². The molecule has 0 aliphatic rings. The Kier molecular flexibility index (Phi) is 4.32. The molecular weight excluding hydrogens is 322 g/mol. The molecule has 0 aliphatic carbocycles. The van der Waals surface area contributed by atoms with E-state index < -0.39 is 10.0 Å². The predicted molar refractivity (Wildman–Crippen MR) is 83.5 cm³/mol. The lowest BCUT2D eigenvalue weighted by atomic mass is 10.2. The molecule has 0 bridgehead atoms. The summed E-state index contributed by atoms with van der Waals surface area (Å²) in [5.74, 6) is 0.467. The van der Waals surface area contributed by atoms with Crippen LogP contribution in [-0.4, -0.2) is 18.6 Å². The van der Waals surface area contributed by atoms with Crippen LogP contribution < -0.4 is 4.72 Å². The van der Waals surface area contributed by atoms with Gasteiger partial charge >= 0.3 is 0 Å². The Balaban J connectivity index is 1.63. The smallest absolute Gasteiger partial charge is 0.216 e. The lowest BCUT2D eigenvalue weighted by Crippen LogP contribution is -2.24. The summed E-state index contributed by atoms with van der Waals surface area (Å²) in [7, 11) is -3.40. The first-order chi connectivity index (χ1) is 10.6. The number of hydrogen-bond acceptors (Lipinski definition) is 6. The van der Waals surface area contributed by atoms with Crippen LogP contribution in [0.3, 0.4) is 0 Å². The molecule has 0 radical (unpaired) electrons. The summed E-state index contributed by atoms with van der Waals surface area (Å²) in [6, 6.07) is 8.91. The van der Waals surface area contributed by atoms with Gasteiger partial charge in [-0.15, -0.1) is 0 Å². The van der Waals surface area contributed by atoms with Crippen molar-refractivity contribution in [1.82, 2.24) is 14.9 Å². The number of nitrogens with one attached hydrogen (secondary N) is 1. The third kappa shape index (κ3) is 3.79. The Morgan fingerprint density at radius 2 is 2.18 bits per heavy atom. The molecule has 0 saturated heterocycles. The Labute approximate surface area is 131 Å². The first-order valence-corrected chi connectivity index (χ1v) is 9.07. The van der Waals surface area contributed by atoms with E-state index in [0.717, 1.165) is 5.56 Å². The lowest BCUT2D eigenvalue weighted by molar-refractivity contribution is 0.421. The fraction of sp³-hybridized carbons (Fsp3) is 0.143. The first kappa shape index (κ1) is 14.9. The molecule has 0 spiro atoms. The maximum atomic E-state index is 12.0. The van der Waals surface area contributed by atoms with Crippen molar-refractivity contribution < 1.29 is 12.9 Å². The van der Waals surface area contributed by atoms with Gasteiger partial charge in [0.05, 0.1) is 18.0 Å². The van der Waals surface area contributed by atoms with Crippen molar-refractivity contribution in [2.45, 2.75) is 12.3 Å². The summed E-state index contributed by atoms with van der Waals surface area (Å²) < 4.78 is 31.6. The Morgan fingerprint density at radius 3 is 2.91 bits per heavy atom. The van der Waals surface area contributed by atoms with E-state index in [1.54, 1.807) is 30.5 Å². The third-order valence-electron chi connectivity index (χ3n) is 2.89. The molecule has 3 aromatic heterocycles. The third-order valence-corrected chi connectivity index (χ3v) is 4.92. The molecule has 0 saturated carbocycles. The predicted octanol–water partition coefficient (Wildman–Crippen LogP) is 2.42. The summed E-state index contributed by atoms with van der Waals surface area (Å²) in [5.41, 5.74) is 1.93. The highest BCUT2D eigenvalue weighted by Gasteiger charge is 2.14. The zero-order chi connectivity index (χ0) is 15.4. The van der Waals surface area contributed by atoms with Gasteiger partial charge in [0.1, 0.15) is 5.69 Å². The average molecular weight is 335 g/mol. The molecule has 114 valence electrons. The van der Waals surface area contributed by atoms with E-state index in [2.05, 4.69) is 14.9 Å². The van der Waals surface area contributed by atoms with E-state index in [0.29, 0.717) is 17.1 Å². The quantitative estimate of drug-likeness (QED) is 0.748. The van der Waals surface area contributed by atoms with Crippen LogP contribution in [0.25, 0.3) is 11.5 Å². The number of hydrogen-bond donors (Lipinski definition) is 1. The van der Waals surface area contributed by atoms with Crippen LogP contribution in [-0.2, 0) is 22.3 Å². The fourth-order valence-corrected chi connectivity index (χ4v) is 3.72. The van der Waals surface area contributed by atoms with Crippen molar-refractivity contribution in [2.24, 2.45) is 0 Å². The molecule has 3 aromatic rings. The second-order valence-corrected chi connectivity index (χ2v) is 7.20.